The molecule has 12 heavy (non-hydrogen) atoms. The highest BCUT2D eigenvalue weighted by Gasteiger charge is 2.37. The maximum Gasteiger partial charge on any atom is 0.415 e. The first-order chi connectivity index (χ1) is 5.48. The summed E-state index contributed by atoms with van der Waals surface area (Å²) in [4.78, 5) is 0. The van der Waals surface area contributed by atoms with E-state index in [2.05, 4.69) is 11.2 Å². The van der Waals surface area contributed by atoms with Gasteiger partial charge < -0.3 is 10.4 Å². The number of hydrogen-bond acceptors (Lipinski definition) is 2. The van der Waals surface area contributed by atoms with Crippen molar-refractivity contribution in [2.45, 2.75) is 18.7 Å². The molecule has 0 rings (SSSR count). The molecule has 2 N–H and O–H groups in total. The van der Waals surface area contributed by atoms with E-state index in [0.29, 0.717) is 6.42 Å². The average Bonchev–Trinajstić information content (AvgIpc) is 1.96. The first kappa shape index (κ1) is 11.3. The van der Waals surface area contributed by atoms with Crippen molar-refractivity contribution in [1.82, 2.24) is 5.32 Å². The van der Waals surface area contributed by atoms with Crippen LogP contribution in [0.3, 0.4) is 0 Å². The summed E-state index contributed by atoms with van der Waals surface area (Å²) in [5, 5.41) is 10.8. The zero-order chi connectivity index (χ0) is 9.61. The summed E-state index contributed by atoms with van der Waals surface area (Å²) in [5.41, 5.74) is 0. The first-order valence-corrected chi connectivity index (χ1v) is 3.37. The lowest BCUT2D eigenvalue weighted by Crippen LogP contribution is -2.38. The van der Waals surface area contributed by atoms with E-state index in [1.807, 2.05) is 0 Å². The summed E-state index contributed by atoms with van der Waals surface area (Å²) in [5.74, 6) is 2.25. The third-order valence-electron chi connectivity index (χ3n) is 1.16. The van der Waals surface area contributed by atoms with Gasteiger partial charge in [-0.3, -0.25) is 0 Å². The van der Waals surface area contributed by atoms with E-state index in [1.54, 1.807) is 0 Å². The van der Waals surface area contributed by atoms with Crippen molar-refractivity contribution in [3.05, 3.63) is 0 Å². The van der Waals surface area contributed by atoms with E-state index in [0.717, 1.165) is 0 Å². The Bertz CT molecular complexity index is 161. The molecule has 0 spiro atoms. The van der Waals surface area contributed by atoms with Gasteiger partial charge in [-0.2, -0.15) is 13.2 Å². The molecule has 0 fully saturated rings. The fourth-order valence-electron chi connectivity index (χ4n) is 0.515. The maximum atomic E-state index is 11.6. The SMILES string of the molecule is C#CCCNCC(O)C(F)(F)F. The Kier molecular flexibility index (Phi) is 4.71. The summed E-state index contributed by atoms with van der Waals surface area (Å²) in [6.07, 6.45) is -1.65. The molecule has 0 radical (unpaired) electrons. The number of aliphatic hydroxyl groups is 1. The van der Waals surface area contributed by atoms with Crippen molar-refractivity contribution < 1.29 is 18.3 Å². The van der Waals surface area contributed by atoms with Gasteiger partial charge in [0.25, 0.3) is 0 Å². The highest BCUT2D eigenvalue weighted by atomic mass is 19.4. The summed E-state index contributed by atoms with van der Waals surface area (Å²) < 4.78 is 34.9. The van der Waals surface area contributed by atoms with Gasteiger partial charge >= 0.3 is 6.18 Å². The number of halogens is 3. The number of rotatable bonds is 4. The molecule has 0 aromatic carbocycles. The molecule has 5 heteroatoms. The molecule has 0 heterocycles. The highest BCUT2D eigenvalue weighted by Crippen LogP contribution is 2.18. The molecule has 0 saturated heterocycles. The van der Waals surface area contributed by atoms with Gasteiger partial charge in [-0.15, -0.1) is 12.3 Å². The van der Waals surface area contributed by atoms with Crippen LogP contribution in [0.25, 0.3) is 0 Å². The van der Waals surface area contributed by atoms with Crippen molar-refractivity contribution in [3.63, 3.8) is 0 Å². The Morgan fingerprint density at radius 3 is 2.50 bits per heavy atom. The topological polar surface area (TPSA) is 32.3 Å². The second-order valence-electron chi connectivity index (χ2n) is 2.22. The summed E-state index contributed by atoms with van der Waals surface area (Å²) >= 11 is 0. The lowest BCUT2D eigenvalue weighted by Gasteiger charge is -2.14. The molecule has 2 nitrogen and oxygen atoms in total. The molecule has 0 aliphatic carbocycles. The van der Waals surface area contributed by atoms with Crippen LogP contribution in [-0.2, 0) is 0 Å². The normalized spacial score (nSPS) is 13.9. The van der Waals surface area contributed by atoms with Gasteiger partial charge in [0.2, 0.25) is 0 Å². The molecular weight excluding hydrogens is 171 g/mol. The van der Waals surface area contributed by atoms with Gasteiger partial charge in [0.05, 0.1) is 0 Å². The lowest BCUT2D eigenvalue weighted by molar-refractivity contribution is -0.201. The average molecular weight is 181 g/mol. The van der Waals surface area contributed by atoms with Crippen LogP contribution >= 0.6 is 0 Å². The summed E-state index contributed by atoms with van der Waals surface area (Å²) in [7, 11) is 0. The molecule has 1 atom stereocenters. The van der Waals surface area contributed by atoms with Crippen molar-refractivity contribution >= 4 is 0 Å². The molecule has 1 unspecified atom stereocenters. The Morgan fingerprint density at radius 1 is 1.50 bits per heavy atom. The molecule has 0 amide bonds. The van der Waals surface area contributed by atoms with Crippen LogP contribution < -0.4 is 5.32 Å². The monoisotopic (exact) mass is 181 g/mol. The van der Waals surface area contributed by atoms with E-state index in [1.165, 1.54) is 0 Å². The zero-order valence-electron chi connectivity index (χ0n) is 6.36. The molecule has 0 bridgehead atoms. The molecule has 0 aliphatic heterocycles. The Balaban J connectivity index is 3.46. The fraction of sp³-hybridized carbons (Fsp3) is 0.714. The van der Waals surface area contributed by atoms with Crippen LogP contribution in [-0.4, -0.2) is 30.5 Å². The van der Waals surface area contributed by atoms with Crippen LogP contribution in [0.2, 0.25) is 0 Å². The molecular formula is C7H10F3NO. The van der Waals surface area contributed by atoms with Crippen LogP contribution in [0.5, 0.6) is 0 Å². The van der Waals surface area contributed by atoms with Crippen LogP contribution in [0, 0.1) is 12.3 Å². The minimum atomic E-state index is -4.55. The molecule has 0 aromatic rings. The lowest BCUT2D eigenvalue weighted by atomic mass is 10.3. The molecule has 70 valence electrons. The van der Waals surface area contributed by atoms with E-state index in [-0.39, 0.29) is 6.54 Å². The Morgan fingerprint density at radius 2 is 2.08 bits per heavy atom. The quantitative estimate of drug-likeness (QED) is 0.489. The van der Waals surface area contributed by atoms with E-state index < -0.39 is 18.8 Å². The van der Waals surface area contributed by atoms with Gasteiger partial charge in [0.15, 0.2) is 6.10 Å². The van der Waals surface area contributed by atoms with Gasteiger partial charge in [-0.1, -0.05) is 0 Å². The molecule has 0 aromatic heterocycles. The number of alkyl halides is 3. The Labute approximate surface area is 68.8 Å². The van der Waals surface area contributed by atoms with Crippen LogP contribution in [0.15, 0.2) is 0 Å². The highest BCUT2D eigenvalue weighted by molar-refractivity contribution is 4.84. The third-order valence-corrected chi connectivity index (χ3v) is 1.16. The van der Waals surface area contributed by atoms with Gasteiger partial charge in [-0.25, -0.2) is 0 Å². The van der Waals surface area contributed by atoms with Gasteiger partial charge in [0, 0.05) is 19.5 Å². The predicted octanol–water partition coefficient (Wildman–Crippen LogP) is 0.522. The van der Waals surface area contributed by atoms with Crippen molar-refractivity contribution in [2.75, 3.05) is 13.1 Å². The van der Waals surface area contributed by atoms with Crippen molar-refractivity contribution in [3.8, 4) is 12.3 Å². The Hall–Kier alpha value is -0.730. The standard InChI is InChI=1S/C7H10F3NO/c1-2-3-4-11-5-6(12)7(8,9)10/h1,6,11-12H,3-5H2. The van der Waals surface area contributed by atoms with Crippen molar-refractivity contribution in [2.24, 2.45) is 0 Å². The predicted molar refractivity (Wildman–Crippen MR) is 38.4 cm³/mol. The van der Waals surface area contributed by atoms with E-state index in [4.69, 9.17) is 11.5 Å². The summed E-state index contributed by atoms with van der Waals surface area (Å²) in [6.45, 7) is -0.227. The molecule has 0 saturated carbocycles. The minimum Gasteiger partial charge on any atom is -0.382 e. The second kappa shape index (κ2) is 5.01. The fourth-order valence-corrected chi connectivity index (χ4v) is 0.515. The third kappa shape index (κ3) is 4.99. The largest absolute Gasteiger partial charge is 0.415 e. The second-order valence-corrected chi connectivity index (χ2v) is 2.22. The van der Waals surface area contributed by atoms with Crippen LogP contribution in [0.4, 0.5) is 13.2 Å². The summed E-state index contributed by atoms with van der Waals surface area (Å²) in [6, 6.07) is 0. The number of nitrogens with one attached hydrogen (secondary N) is 1. The number of terminal acetylenes is 1. The smallest absolute Gasteiger partial charge is 0.382 e. The van der Waals surface area contributed by atoms with Crippen LogP contribution in [0.1, 0.15) is 6.42 Å². The minimum absolute atomic E-state index is 0.281. The van der Waals surface area contributed by atoms with Gasteiger partial charge in [0.1, 0.15) is 0 Å². The van der Waals surface area contributed by atoms with Crippen molar-refractivity contribution in [1.29, 1.82) is 0 Å². The number of aliphatic hydroxyl groups excluding tert-OH is 1. The first-order valence-electron chi connectivity index (χ1n) is 3.37. The maximum absolute atomic E-state index is 11.6. The number of hydrogen-bond donors (Lipinski definition) is 2. The zero-order valence-corrected chi connectivity index (χ0v) is 6.36. The van der Waals surface area contributed by atoms with E-state index in [9.17, 15) is 13.2 Å². The van der Waals surface area contributed by atoms with E-state index >= 15 is 0 Å². The molecule has 0 aliphatic rings. The van der Waals surface area contributed by atoms with Gasteiger partial charge in [-0.05, 0) is 0 Å².